The third kappa shape index (κ3) is 5.43. The van der Waals surface area contributed by atoms with Crippen molar-refractivity contribution in [1.82, 2.24) is 24.8 Å². The van der Waals surface area contributed by atoms with Crippen molar-refractivity contribution in [2.75, 3.05) is 6.54 Å². The Kier molecular flexibility index (Phi) is 7.22. The maximum absolute atomic E-state index is 13.1. The quantitative estimate of drug-likeness (QED) is 0.294. The smallest absolute Gasteiger partial charge is 0.267 e. The van der Waals surface area contributed by atoms with Gasteiger partial charge in [0, 0.05) is 60.3 Å². The molecular formula is C27H29N5O2. The predicted octanol–water partition coefficient (Wildman–Crippen LogP) is 4.14. The molecular weight excluding hydrogens is 426 g/mol. The Balaban J connectivity index is 1.57. The molecule has 0 aliphatic heterocycles. The maximum atomic E-state index is 13.1. The van der Waals surface area contributed by atoms with E-state index in [4.69, 9.17) is 0 Å². The minimum atomic E-state index is -0.320. The molecule has 7 nitrogen and oxygen atoms in total. The highest BCUT2D eigenvalue weighted by Crippen LogP contribution is 2.23. The molecule has 174 valence electrons. The van der Waals surface area contributed by atoms with Crippen LogP contribution in [0.2, 0.25) is 0 Å². The van der Waals surface area contributed by atoms with Crippen LogP contribution < -0.4 is 10.6 Å². The van der Waals surface area contributed by atoms with Crippen LogP contribution in [-0.4, -0.2) is 32.5 Å². The van der Waals surface area contributed by atoms with E-state index in [2.05, 4.69) is 33.2 Å². The van der Waals surface area contributed by atoms with Crippen LogP contribution in [0.4, 0.5) is 0 Å². The molecule has 0 aliphatic rings. The summed E-state index contributed by atoms with van der Waals surface area (Å²) >= 11 is 0. The number of imidazole rings is 1. The van der Waals surface area contributed by atoms with E-state index < -0.39 is 0 Å². The average molecular weight is 456 g/mol. The van der Waals surface area contributed by atoms with Crippen molar-refractivity contribution in [3.8, 4) is 0 Å². The van der Waals surface area contributed by atoms with Crippen LogP contribution in [0.5, 0.6) is 0 Å². The van der Waals surface area contributed by atoms with Gasteiger partial charge in [0.2, 0.25) is 0 Å². The van der Waals surface area contributed by atoms with Gasteiger partial charge < -0.3 is 19.8 Å². The molecule has 4 rings (SSSR count). The minimum Gasteiger partial charge on any atom is -0.351 e. The lowest BCUT2D eigenvalue weighted by atomic mass is 10.1. The fraction of sp³-hybridized carbons (Fsp3) is 0.222. The second-order valence-corrected chi connectivity index (χ2v) is 8.18. The fourth-order valence-corrected chi connectivity index (χ4v) is 3.84. The molecule has 2 heterocycles. The summed E-state index contributed by atoms with van der Waals surface area (Å²) in [6, 6.07) is 15.3. The SMILES string of the molecule is CCn1cc(C=C(NC(=O)c2ccc(C)cc2)C(=O)NCCCn2ccnc2)c2ccccc21. The number of benzene rings is 2. The van der Waals surface area contributed by atoms with E-state index in [1.807, 2.05) is 54.2 Å². The molecule has 0 fully saturated rings. The van der Waals surface area contributed by atoms with Crippen LogP contribution in [0.1, 0.15) is 34.8 Å². The lowest BCUT2D eigenvalue weighted by Gasteiger charge is -2.11. The van der Waals surface area contributed by atoms with E-state index in [0.717, 1.165) is 41.5 Å². The molecule has 2 N–H and O–H groups in total. The Morgan fingerprint density at radius 3 is 2.62 bits per heavy atom. The fourth-order valence-electron chi connectivity index (χ4n) is 3.84. The first-order valence-corrected chi connectivity index (χ1v) is 11.5. The molecule has 0 spiro atoms. The first-order valence-electron chi connectivity index (χ1n) is 11.5. The van der Waals surface area contributed by atoms with Gasteiger partial charge in [-0.2, -0.15) is 0 Å². The van der Waals surface area contributed by atoms with Gasteiger partial charge in [-0.3, -0.25) is 9.59 Å². The molecule has 0 radical (unpaired) electrons. The summed E-state index contributed by atoms with van der Waals surface area (Å²) in [5.74, 6) is -0.640. The van der Waals surface area contributed by atoms with E-state index >= 15 is 0 Å². The van der Waals surface area contributed by atoms with Crippen molar-refractivity contribution in [3.63, 3.8) is 0 Å². The van der Waals surface area contributed by atoms with Gasteiger partial charge in [-0.05, 0) is 44.5 Å². The van der Waals surface area contributed by atoms with Crippen LogP contribution in [0.25, 0.3) is 17.0 Å². The van der Waals surface area contributed by atoms with Gasteiger partial charge >= 0.3 is 0 Å². The first kappa shape index (κ1) is 23.0. The van der Waals surface area contributed by atoms with Crippen molar-refractivity contribution < 1.29 is 9.59 Å². The van der Waals surface area contributed by atoms with Crippen molar-refractivity contribution in [3.05, 3.63) is 95.8 Å². The number of rotatable bonds is 9. The Bertz CT molecular complexity index is 1300. The predicted molar refractivity (Wildman–Crippen MR) is 134 cm³/mol. The van der Waals surface area contributed by atoms with E-state index in [9.17, 15) is 9.59 Å². The van der Waals surface area contributed by atoms with E-state index in [1.54, 1.807) is 30.7 Å². The van der Waals surface area contributed by atoms with Crippen LogP contribution in [0.3, 0.4) is 0 Å². The van der Waals surface area contributed by atoms with Gasteiger partial charge in [-0.25, -0.2) is 4.98 Å². The summed E-state index contributed by atoms with van der Waals surface area (Å²) < 4.78 is 4.09. The monoisotopic (exact) mass is 455 g/mol. The molecule has 7 heteroatoms. The normalized spacial score (nSPS) is 11.5. The highest BCUT2D eigenvalue weighted by molar-refractivity contribution is 6.06. The Morgan fingerprint density at radius 2 is 1.88 bits per heavy atom. The zero-order chi connectivity index (χ0) is 23.9. The van der Waals surface area contributed by atoms with E-state index in [-0.39, 0.29) is 17.5 Å². The van der Waals surface area contributed by atoms with Gasteiger partial charge in [0.05, 0.1) is 6.33 Å². The number of aromatic nitrogens is 3. The maximum Gasteiger partial charge on any atom is 0.267 e. The molecule has 0 atom stereocenters. The molecule has 2 amide bonds. The number of nitrogens with zero attached hydrogens (tertiary/aromatic N) is 3. The summed E-state index contributed by atoms with van der Waals surface area (Å²) in [5.41, 5.74) is 3.74. The lowest BCUT2D eigenvalue weighted by Crippen LogP contribution is -2.35. The number of nitrogens with one attached hydrogen (secondary N) is 2. The first-order chi connectivity index (χ1) is 16.5. The Hall–Kier alpha value is -4.13. The van der Waals surface area contributed by atoms with Crippen molar-refractivity contribution in [1.29, 1.82) is 0 Å². The minimum absolute atomic E-state index is 0.215. The highest BCUT2D eigenvalue weighted by atomic mass is 16.2. The van der Waals surface area contributed by atoms with Crippen LogP contribution in [-0.2, 0) is 17.9 Å². The van der Waals surface area contributed by atoms with E-state index in [0.29, 0.717) is 12.1 Å². The number of amides is 2. The van der Waals surface area contributed by atoms with Gasteiger partial charge in [0.25, 0.3) is 11.8 Å². The molecule has 2 aromatic carbocycles. The molecule has 34 heavy (non-hydrogen) atoms. The van der Waals surface area contributed by atoms with Crippen LogP contribution in [0, 0.1) is 6.92 Å². The summed E-state index contributed by atoms with van der Waals surface area (Å²) in [5, 5.41) is 6.80. The topological polar surface area (TPSA) is 81.0 Å². The van der Waals surface area contributed by atoms with Crippen LogP contribution in [0.15, 0.2) is 79.1 Å². The second-order valence-electron chi connectivity index (χ2n) is 8.18. The molecule has 4 aromatic rings. The molecule has 0 unspecified atom stereocenters. The summed E-state index contributed by atoms with van der Waals surface area (Å²) in [6.07, 6.45) is 9.88. The zero-order valence-corrected chi connectivity index (χ0v) is 19.5. The van der Waals surface area contributed by atoms with Crippen molar-refractivity contribution in [2.45, 2.75) is 33.4 Å². The number of para-hydroxylation sites is 1. The number of carbonyl (C=O) groups excluding carboxylic acids is 2. The van der Waals surface area contributed by atoms with Crippen molar-refractivity contribution >= 4 is 28.8 Å². The number of aryl methyl sites for hydroxylation is 3. The standard InChI is InChI=1S/C27H29N5O2/c1-3-32-18-22(23-7-4-5-8-25(23)32)17-24(30-26(33)21-11-9-20(2)10-12-21)27(34)29-13-6-15-31-16-14-28-19-31/h4-5,7-12,14,16-19H,3,6,13,15H2,1-2H3,(H,29,34)(H,30,33). The highest BCUT2D eigenvalue weighted by Gasteiger charge is 2.16. The van der Waals surface area contributed by atoms with Gasteiger partial charge in [-0.15, -0.1) is 0 Å². The number of fused-ring (bicyclic) bond motifs is 1. The summed E-state index contributed by atoms with van der Waals surface area (Å²) in [6.45, 7) is 6.07. The molecule has 0 saturated carbocycles. The summed E-state index contributed by atoms with van der Waals surface area (Å²) in [4.78, 5) is 30.1. The Labute approximate surface area is 199 Å². The molecule has 0 bridgehead atoms. The largest absolute Gasteiger partial charge is 0.351 e. The van der Waals surface area contributed by atoms with Crippen molar-refractivity contribution in [2.24, 2.45) is 0 Å². The second kappa shape index (κ2) is 10.7. The van der Waals surface area contributed by atoms with Crippen LogP contribution >= 0.6 is 0 Å². The molecule has 0 saturated heterocycles. The van der Waals surface area contributed by atoms with Gasteiger partial charge in [0.1, 0.15) is 5.70 Å². The van der Waals surface area contributed by atoms with E-state index in [1.165, 1.54) is 0 Å². The number of carbonyl (C=O) groups is 2. The number of hydrogen-bond donors (Lipinski definition) is 2. The third-order valence-corrected chi connectivity index (χ3v) is 5.70. The molecule has 2 aromatic heterocycles. The number of hydrogen-bond acceptors (Lipinski definition) is 3. The Morgan fingerprint density at radius 1 is 1.09 bits per heavy atom. The molecule has 0 aliphatic carbocycles. The zero-order valence-electron chi connectivity index (χ0n) is 19.5. The van der Waals surface area contributed by atoms with Gasteiger partial charge in [0.15, 0.2) is 0 Å². The summed E-state index contributed by atoms with van der Waals surface area (Å²) in [7, 11) is 0. The third-order valence-electron chi connectivity index (χ3n) is 5.70. The van der Waals surface area contributed by atoms with Gasteiger partial charge in [-0.1, -0.05) is 35.9 Å². The lowest BCUT2D eigenvalue weighted by molar-refractivity contribution is -0.117. The average Bonchev–Trinajstić information content (AvgIpc) is 3.49.